The summed E-state index contributed by atoms with van der Waals surface area (Å²) in [5.74, 6) is -0.491. The first kappa shape index (κ1) is 16.1. The van der Waals surface area contributed by atoms with Crippen molar-refractivity contribution >= 4 is 23.2 Å². The van der Waals surface area contributed by atoms with Gasteiger partial charge in [-0.3, -0.25) is 4.79 Å². The number of benzene rings is 1. The van der Waals surface area contributed by atoms with Crippen molar-refractivity contribution in [1.29, 1.82) is 0 Å². The first-order chi connectivity index (χ1) is 9.86. The van der Waals surface area contributed by atoms with E-state index in [0.29, 0.717) is 6.61 Å². The Morgan fingerprint density at radius 1 is 1.38 bits per heavy atom. The molecule has 3 nitrogen and oxygen atoms in total. The molecule has 0 aliphatic carbocycles. The third-order valence-electron chi connectivity index (χ3n) is 3.25. The minimum atomic E-state index is -4.57. The summed E-state index contributed by atoms with van der Waals surface area (Å²) in [5, 5.41) is 2.26. The van der Waals surface area contributed by atoms with E-state index in [0.717, 1.165) is 31.4 Å². The molecule has 1 aromatic carbocycles. The first-order valence-electron chi connectivity index (χ1n) is 6.64. The van der Waals surface area contributed by atoms with Crippen LogP contribution in [0.4, 0.5) is 18.9 Å². The van der Waals surface area contributed by atoms with Crippen LogP contribution < -0.4 is 5.32 Å². The molecule has 1 fully saturated rings. The van der Waals surface area contributed by atoms with Crippen molar-refractivity contribution in [2.24, 2.45) is 0 Å². The van der Waals surface area contributed by atoms with Crippen LogP contribution in [0.5, 0.6) is 0 Å². The van der Waals surface area contributed by atoms with E-state index in [-0.39, 0.29) is 23.2 Å². The summed E-state index contributed by atoms with van der Waals surface area (Å²) in [6.45, 7) is 0.590. The number of anilines is 1. The average Bonchev–Trinajstić information content (AvgIpc) is 2.40. The van der Waals surface area contributed by atoms with Crippen LogP contribution in [0.25, 0.3) is 0 Å². The SMILES string of the molecule is O=C(CC1CCCCO1)Nc1ccc(Cl)cc1C(F)(F)F. The summed E-state index contributed by atoms with van der Waals surface area (Å²) in [4.78, 5) is 11.9. The Hall–Kier alpha value is -1.27. The molecule has 21 heavy (non-hydrogen) atoms. The summed E-state index contributed by atoms with van der Waals surface area (Å²) in [5.41, 5.74) is -1.24. The van der Waals surface area contributed by atoms with Crippen LogP contribution >= 0.6 is 11.6 Å². The highest BCUT2D eigenvalue weighted by molar-refractivity contribution is 6.30. The molecule has 0 aromatic heterocycles. The van der Waals surface area contributed by atoms with Crippen molar-refractivity contribution in [3.63, 3.8) is 0 Å². The third-order valence-corrected chi connectivity index (χ3v) is 3.48. The van der Waals surface area contributed by atoms with Gasteiger partial charge in [-0.15, -0.1) is 0 Å². The molecule has 116 valence electrons. The lowest BCUT2D eigenvalue weighted by Crippen LogP contribution is -2.26. The van der Waals surface area contributed by atoms with E-state index in [2.05, 4.69) is 5.32 Å². The Labute approximate surface area is 125 Å². The number of carbonyl (C=O) groups excluding carboxylic acids is 1. The molecule has 1 amide bonds. The van der Waals surface area contributed by atoms with Crippen molar-refractivity contribution < 1.29 is 22.7 Å². The topological polar surface area (TPSA) is 38.3 Å². The zero-order valence-electron chi connectivity index (χ0n) is 11.2. The van der Waals surface area contributed by atoms with E-state index in [1.165, 1.54) is 6.07 Å². The molecule has 1 atom stereocenters. The molecule has 1 saturated heterocycles. The summed E-state index contributed by atoms with van der Waals surface area (Å²) in [6, 6.07) is 3.27. The van der Waals surface area contributed by atoms with Gasteiger partial charge in [0.05, 0.1) is 23.8 Å². The number of hydrogen-bond donors (Lipinski definition) is 1. The van der Waals surface area contributed by atoms with Gasteiger partial charge in [0.25, 0.3) is 0 Å². The quantitative estimate of drug-likeness (QED) is 0.903. The maximum Gasteiger partial charge on any atom is 0.418 e. The summed E-state index contributed by atoms with van der Waals surface area (Å²) >= 11 is 5.58. The van der Waals surface area contributed by atoms with E-state index in [4.69, 9.17) is 16.3 Å². The normalized spacial score (nSPS) is 19.3. The van der Waals surface area contributed by atoms with E-state index in [1.54, 1.807) is 0 Å². The summed E-state index contributed by atoms with van der Waals surface area (Å²) < 4.78 is 44.1. The number of halogens is 4. The van der Waals surface area contributed by atoms with Gasteiger partial charge >= 0.3 is 6.18 Å². The minimum absolute atomic E-state index is 0.0315. The predicted octanol–water partition coefficient (Wildman–Crippen LogP) is 4.26. The fourth-order valence-electron chi connectivity index (χ4n) is 2.24. The van der Waals surface area contributed by atoms with Gasteiger partial charge in [0.1, 0.15) is 0 Å². The second-order valence-corrected chi connectivity index (χ2v) is 5.36. The van der Waals surface area contributed by atoms with E-state index in [9.17, 15) is 18.0 Å². The zero-order valence-corrected chi connectivity index (χ0v) is 11.9. The fourth-order valence-corrected chi connectivity index (χ4v) is 2.41. The van der Waals surface area contributed by atoms with Crippen LogP contribution in [0.1, 0.15) is 31.2 Å². The highest BCUT2D eigenvalue weighted by atomic mass is 35.5. The van der Waals surface area contributed by atoms with E-state index >= 15 is 0 Å². The number of ether oxygens (including phenoxy) is 1. The van der Waals surface area contributed by atoms with Gasteiger partial charge in [-0.05, 0) is 37.5 Å². The predicted molar refractivity (Wildman–Crippen MR) is 73.3 cm³/mol. The highest BCUT2D eigenvalue weighted by Gasteiger charge is 2.34. The molecule has 1 unspecified atom stereocenters. The monoisotopic (exact) mass is 321 g/mol. The molecule has 7 heteroatoms. The van der Waals surface area contributed by atoms with E-state index < -0.39 is 17.6 Å². The number of amides is 1. The van der Waals surface area contributed by atoms with Gasteiger partial charge in [0.2, 0.25) is 5.91 Å². The van der Waals surface area contributed by atoms with Gasteiger partial charge < -0.3 is 10.1 Å². The molecule has 1 aliphatic heterocycles. The van der Waals surface area contributed by atoms with Gasteiger partial charge in [0.15, 0.2) is 0 Å². The molecular formula is C14H15ClF3NO2. The Morgan fingerprint density at radius 3 is 2.76 bits per heavy atom. The smallest absolute Gasteiger partial charge is 0.378 e. The lowest BCUT2D eigenvalue weighted by atomic mass is 10.1. The second-order valence-electron chi connectivity index (χ2n) is 4.93. The second kappa shape index (κ2) is 6.66. The highest BCUT2D eigenvalue weighted by Crippen LogP contribution is 2.36. The molecule has 1 aliphatic rings. The number of alkyl halides is 3. The molecule has 1 aromatic rings. The van der Waals surface area contributed by atoms with Crippen molar-refractivity contribution in [1.82, 2.24) is 0 Å². The average molecular weight is 322 g/mol. The maximum atomic E-state index is 12.9. The molecule has 0 bridgehead atoms. The van der Waals surface area contributed by atoms with Crippen LogP contribution in [0.2, 0.25) is 5.02 Å². The Kier molecular flexibility index (Phi) is 5.11. The number of hydrogen-bond acceptors (Lipinski definition) is 2. The minimum Gasteiger partial charge on any atom is -0.378 e. The van der Waals surface area contributed by atoms with Crippen molar-refractivity contribution in [2.75, 3.05) is 11.9 Å². The largest absolute Gasteiger partial charge is 0.418 e. The van der Waals surface area contributed by atoms with Crippen molar-refractivity contribution in [3.05, 3.63) is 28.8 Å². The van der Waals surface area contributed by atoms with Gasteiger partial charge in [-0.1, -0.05) is 11.6 Å². The van der Waals surface area contributed by atoms with Gasteiger partial charge in [-0.25, -0.2) is 0 Å². The maximum absolute atomic E-state index is 12.9. The molecule has 2 rings (SSSR count). The van der Waals surface area contributed by atoms with Crippen LogP contribution in [0.15, 0.2) is 18.2 Å². The molecule has 1 N–H and O–H groups in total. The lowest BCUT2D eigenvalue weighted by Gasteiger charge is -2.22. The Morgan fingerprint density at radius 2 is 2.14 bits per heavy atom. The van der Waals surface area contributed by atoms with Gasteiger partial charge in [-0.2, -0.15) is 13.2 Å². The molecule has 0 radical (unpaired) electrons. The van der Waals surface area contributed by atoms with Crippen molar-refractivity contribution in [3.8, 4) is 0 Å². The third kappa shape index (κ3) is 4.61. The standard InChI is InChI=1S/C14H15ClF3NO2/c15-9-4-5-12(11(7-9)14(16,17)18)19-13(20)8-10-3-1-2-6-21-10/h4-5,7,10H,1-3,6,8H2,(H,19,20). The van der Waals surface area contributed by atoms with Crippen molar-refractivity contribution in [2.45, 2.75) is 38.0 Å². The summed E-state index contributed by atoms with van der Waals surface area (Å²) in [6.07, 6.45) is -2.07. The number of nitrogens with one attached hydrogen (secondary N) is 1. The number of rotatable bonds is 3. The van der Waals surface area contributed by atoms with E-state index in [1.807, 2.05) is 0 Å². The van der Waals surface area contributed by atoms with Crippen LogP contribution in [-0.2, 0) is 15.7 Å². The molecular weight excluding hydrogens is 307 g/mol. The van der Waals surface area contributed by atoms with Crippen LogP contribution in [0.3, 0.4) is 0 Å². The Bertz CT molecular complexity index is 513. The first-order valence-corrected chi connectivity index (χ1v) is 7.02. The number of carbonyl (C=O) groups is 1. The Balaban J connectivity index is 2.06. The molecule has 0 saturated carbocycles. The molecule has 0 spiro atoms. The van der Waals surface area contributed by atoms with Gasteiger partial charge in [0, 0.05) is 11.6 Å². The van der Waals surface area contributed by atoms with Crippen LogP contribution in [0, 0.1) is 0 Å². The fraction of sp³-hybridized carbons (Fsp3) is 0.500. The zero-order chi connectivity index (χ0) is 15.5. The molecule has 1 heterocycles. The lowest BCUT2D eigenvalue weighted by molar-refractivity contribution is -0.137. The summed E-state index contributed by atoms with van der Waals surface area (Å²) in [7, 11) is 0. The van der Waals surface area contributed by atoms with Crippen LogP contribution in [-0.4, -0.2) is 18.6 Å².